The van der Waals surface area contributed by atoms with E-state index in [2.05, 4.69) is 15.1 Å². The second kappa shape index (κ2) is 5.57. The number of hydrogen-bond acceptors (Lipinski definition) is 3. The first-order valence-electron chi connectivity index (χ1n) is 7.55. The number of nitrogens with zero attached hydrogens (tertiary/aromatic N) is 2. The summed E-state index contributed by atoms with van der Waals surface area (Å²) < 4.78 is 0. The molecule has 0 radical (unpaired) electrons. The molecule has 4 heteroatoms. The van der Waals surface area contributed by atoms with Gasteiger partial charge in [-0.1, -0.05) is 0 Å². The molecule has 3 aliphatic rings. The summed E-state index contributed by atoms with van der Waals surface area (Å²) in [6.07, 6.45) is 4.78. The van der Waals surface area contributed by atoms with Crippen LogP contribution in [0.3, 0.4) is 0 Å². The molecule has 1 atom stereocenters. The molecule has 3 fully saturated rings. The average molecular weight is 251 g/mol. The van der Waals surface area contributed by atoms with E-state index in [0.717, 1.165) is 39.0 Å². The fourth-order valence-electron chi connectivity index (χ4n) is 3.26. The Balaban J connectivity index is 1.48. The minimum atomic E-state index is 0.392. The molecule has 2 heterocycles. The normalized spacial score (nSPS) is 30.4. The third-order valence-corrected chi connectivity index (χ3v) is 4.48. The quantitative estimate of drug-likeness (QED) is 0.795. The van der Waals surface area contributed by atoms with Crippen molar-refractivity contribution >= 4 is 5.91 Å². The molecule has 3 rings (SSSR count). The number of carbonyl (C=O) groups is 1. The molecule has 1 N–H and O–H groups in total. The maximum atomic E-state index is 12.1. The molecule has 0 bridgehead atoms. The van der Waals surface area contributed by atoms with Crippen molar-refractivity contribution in [3.8, 4) is 0 Å². The highest BCUT2D eigenvalue weighted by atomic mass is 16.2. The van der Waals surface area contributed by atoms with Crippen molar-refractivity contribution < 1.29 is 4.79 Å². The molecule has 0 aromatic carbocycles. The maximum absolute atomic E-state index is 12.1. The topological polar surface area (TPSA) is 35.6 Å². The van der Waals surface area contributed by atoms with Gasteiger partial charge in [0, 0.05) is 51.7 Å². The van der Waals surface area contributed by atoms with Crippen molar-refractivity contribution in [1.29, 1.82) is 0 Å². The maximum Gasteiger partial charge on any atom is 0.225 e. The predicted molar refractivity (Wildman–Crippen MR) is 71.3 cm³/mol. The summed E-state index contributed by atoms with van der Waals surface area (Å²) in [6, 6.07) is 0. The molecule has 4 nitrogen and oxygen atoms in total. The van der Waals surface area contributed by atoms with E-state index in [1.807, 2.05) is 0 Å². The molecule has 2 saturated heterocycles. The smallest absolute Gasteiger partial charge is 0.225 e. The van der Waals surface area contributed by atoms with Crippen LogP contribution in [0.1, 0.15) is 25.7 Å². The number of likely N-dealkylation sites (tertiary alicyclic amines) is 1. The standard InChI is InChI=1S/C14H25N3O/c18-14(13-3-4-13)17-7-1-2-12(11-17)10-16-8-5-15-6-9-16/h12-13,15H,1-11H2. The Bertz CT molecular complexity index is 297. The summed E-state index contributed by atoms with van der Waals surface area (Å²) in [7, 11) is 0. The molecule has 0 aromatic rings. The van der Waals surface area contributed by atoms with Crippen LogP contribution < -0.4 is 5.32 Å². The predicted octanol–water partition coefficient (Wildman–Crippen LogP) is 0.540. The van der Waals surface area contributed by atoms with Gasteiger partial charge in [0.15, 0.2) is 0 Å². The van der Waals surface area contributed by atoms with E-state index in [1.54, 1.807) is 0 Å². The van der Waals surface area contributed by atoms with Gasteiger partial charge in [0.25, 0.3) is 0 Å². The van der Waals surface area contributed by atoms with Gasteiger partial charge in [-0.3, -0.25) is 4.79 Å². The zero-order valence-electron chi connectivity index (χ0n) is 11.2. The Hall–Kier alpha value is -0.610. The fraction of sp³-hybridized carbons (Fsp3) is 0.929. The molecule has 1 saturated carbocycles. The lowest BCUT2D eigenvalue weighted by Crippen LogP contribution is -2.49. The largest absolute Gasteiger partial charge is 0.342 e. The second-order valence-corrected chi connectivity index (χ2v) is 6.12. The van der Waals surface area contributed by atoms with Crippen LogP contribution >= 0.6 is 0 Å². The minimum absolute atomic E-state index is 0.392. The SMILES string of the molecule is O=C(C1CC1)N1CCCC(CN2CCNCC2)C1. The van der Waals surface area contributed by atoms with Crippen molar-refractivity contribution in [2.45, 2.75) is 25.7 Å². The lowest BCUT2D eigenvalue weighted by molar-refractivity contribution is -0.134. The van der Waals surface area contributed by atoms with E-state index in [1.165, 1.54) is 32.5 Å². The van der Waals surface area contributed by atoms with Gasteiger partial charge in [-0.05, 0) is 31.6 Å². The zero-order chi connectivity index (χ0) is 12.4. The van der Waals surface area contributed by atoms with E-state index in [4.69, 9.17) is 0 Å². The molecule has 1 amide bonds. The highest BCUT2D eigenvalue weighted by Crippen LogP contribution is 2.32. The third kappa shape index (κ3) is 3.04. The summed E-state index contributed by atoms with van der Waals surface area (Å²) in [6.45, 7) is 7.80. The second-order valence-electron chi connectivity index (χ2n) is 6.12. The Labute approximate surface area is 110 Å². The number of piperidine rings is 1. The van der Waals surface area contributed by atoms with Crippen LogP contribution in [-0.2, 0) is 4.79 Å². The highest BCUT2D eigenvalue weighted by Gasteiger charge is 2.35. The minimum Gasteiger partial charge on any atom is -0.342 e. The molecule has 1 aliphatic carbocycles. The van der Waals surface area contributed by atoms with E-state index in [0.29, 0.717) is 17.7 Å². The van der Waals surface area contributed by atoms with Crippen molar-refractivity contribution in [1.82, 2.24) is 15.1 Å². The number of piperazine rings is 1. The molecule has 18 heavy (non-hydrogen) atoms. The van der Waals surface area contributed by atoms with Crippen molar-refractivity contribution in [2.75, 3.05) is 45.8 Å². The van der Waals surface area contributed by atoms with Crippen molar-refractivity contribution in [3.05, 3.63) is 0 Å². The monoisotopic (exact) mass is 251 g/mol. The number of hydrogen-bond donors (Lipinski definition) is 1. The first-order valence-corrected chi connectivity index (χ1v) is 7.55. The van der Waals surface area contributed by atoms with Crippen LogP contribution in [0.15, 0.2) is 0 Å². The van der Waals surface area contributed by atoms with Gasteiger partial charge in [0.2, 0.25) is 5.91 Å². The van der Waals surface area contributed by atoms with E-state index < -0.39 is 0 Å². The fourth-order valence-corrected chi connectivity index (χ4v) is 3.26. The van der Waals surface area contributed by atoms with Gasteiger partial charge >= 0.3 is 0 Å². The number of amides is 1. The summed E-state index contributed by atoms with van der Waals surface area (Å²) in [5.41, 5.74) is 0. The Kier molecular flexibility index (Phi) is 3.85. The van der Waals surface area contributed by atoms with Gasteiger partial charge in [-0.25, -0.2) is 0 Å². The molecular formula is C14H25N3O. The molecule has 2 aliphatic heterocycles. The van der Waals surface area contributed by atoms with Crippen LogP contribution in [0, 0.1) is 11.8 Å². The molecule has 1 unspecified atom stereocenters. The van der Waals surface area contributed by atoms with E-state index >= 15 is 0 Å². The summed E-state index contributed by atoms with van der Waals surface area (Å²) in [5, 5.41) is 3.40. The van der Waals surface area contributed by atoms with Gasteiger partial charge in [0.05, 0.1) is 0 Å². The van der Waals surface area contributed by atoms with Gasteiger partial charge in [0.1, 0.15) is 0 Å². The Morgan fingerprint density at radius 1 is 1.11 bits per heavy atom. The number of carbonyl (C=O) groups excluding carboxylic acids is 1. The molecule has 0 aromatic heterocycles. The Morgan fingerprint density at radius 2 is 1.89 bits per heavy atom. The molecule has 0 spiro atoms. The zero-order valence-corrected chi connectivity index (χ0v) is 11.2. The Morgan fingerprint density at radius 3 is 2.61 bits per heavy atom. The van der Waals surface area contributed by atoms with E-state index in [-0.39, 0.29) is 0 Å². The summed E-state index contributed by atoms with van der Waals surface area (Å²) in [5.74, 6) is 1.54. The lowest BCUT2D eigenvalue weighted by Gasteiger charge is -2.37. The van der Waals surface area contributed by atoms with Crippen LogP contribution in [0.4, 0.5) is 0 Å². The van der Waals surface area contributed by atoms with E-state index in [9.17, 15) is 4.79 Å². The first-order chi connectivity index (χ1) is 8.83. The lowest BCUT2D eigenvalue weighted by atomic mass is 9.96. The van der Waals surface area contributed by atoms with Gasteiger partial charge in [-0.2, -0.15) is 0 Å². The molecule has 102 valence electrons. The average Bonchev–Trinajstić information content (AvgIpc) is 3.24. The third-order valence-electron chi connectivity index (χ3n) is 4.48. The van der Waals surface area contributed by atoms with Crippen LogP contribution in [-0.4, -0.2) is 61.5 Å². The van der Waals surface area contributed by atoms with Crippen molar-refractivity contribution in [3.63, 3.8) is 0 Å². The summed E-state index contributed by atoms with van der Waals surface area (Å²) >= 11 is 0. The van der Waals surface area contributed by atoms with Crippen molar-refractivity contribution in [2.24, 2.45) is 11.8 Å². The van der Waals surface area contributed by atoms with Crippen LogP contribution in [0.5, 0.6) is 0 Å². The van der Waals surface area contributed by atoms with Crippen LogP contribution in [0.2, 0.25) is 0 Å². The molecular weight excluding hydrogens is 226 g/mol. The van der Waals surface area contributed by atoms with Gasteiger partial charge in [-0.15, -0.1) is 0 Å². The number of nitrogens with one attached hydrogen (secondary N) is 1. The summed E-state index contributed by atoms with van der Waals surface area (Å²) in [4.78, 5) is 16.8. The number of rotatable bonds is 3. The van der Waals surface area contributed by atoms with Gasteiger partial charge < -0.3 is 15.1 Å². The first kappa shape index (κ1) is 12.4. The highest BCUT2D eigenvalue weighted by molar-refractivity contribution is 5.81. The van der Waals surface area contributed by atoms with Crippen LogP contribution in [0.25, 0.3) is 0 Å².